The molecule has 7 heteroatoms. The summed E-state index contributed by atoms with van der Waals surface area (Å²) in [7, 11) is 0. The van der Waals surface area contributed by atoms with Gasteiger partial charge in [0.15, 0.2) is 0 Å². The van der Waals surface area contributed by atoms with Crippen LogP contribution in [0.1, 0.15) is 16.7 Å². The van der Waals surface area contributed by atoms with Crippen molar-refractivity contribution in [3.63, 3.8) is 0 Å². The monoisotopic (exact) mass is 379 g/mol. The van der Waals surface area contributed by atoms with Crippen molar-refractivity contribution in [2.75, 3.05) is 31.1 Å². The maximum absolute atomic E-state index is 12.9. The molecule has 0 aromatic heterocycles. The first-order valence-electron chi connectivity index (χ1n) is 8.20. The topological polar surface area (TPSA) is 30.3 Å². The van der Waals surface area contributed by atoms with E-state index in [4.69, 9.17) is 16.9 Å². The maximum atomic E-state index is 12.9. The van der Waals surface area contributed by atoms with Crippen molar-refractivity contribution in [2.24, 2.45) is 0 Å². The molecule has 0 aliphatic carbocycles. The van der Waals surface area contributed by atoms with Gasteiger partial charge in [-0.1, -0.05) is 23.7 Å². The number of rotatable bonds is 3. The second-order valence-corrected chi connectivity index (χ2v) is 6.64. The summed E-state index contributed by atoms with van der Waals surface area (Å²) in [6, 6.07) is 12.7. The highest BCUT2D eigenvalue weighted by atomic mass is 35.5. The van der Waals surface area contributed by atoms with Crippen LogP contribution < -0.4 is 4.90 Å². The average Bonchev–Trinajstić information content (AvgIpc) is 2.63. The Morgan fingerprint density at radius 3 is 2.38 bits per heavy atom. The Morgan fingerprint density at radius 2 is 1.77 bits per heavy atom. The molecule has 0 atom stereocenters. The van der Waals surface area contributed by atoms with Gasteiger partial charge >= 0.3 is 6.18 Å². The van der Waals surface area contributed by atoms with Gasteiger partial charge in [-0.3, -0.25) is 4.90 Å². The molecule has 3 rings (SSSR count). The third-order valence-corrected chi connectivity index (χ3v) is 4.84. The largest absolute Gasteiger partial charge is 0.416 e. The summed E-state index contributed by atoms with van der Waals surface area (Å²) in [5, 5.41) is 9.45. The fraction of sp³-hybridized carbons (Fsp3) is 0.316. The first-order valence-corrected chi connectivity index (χ1v) is 8.58. The van der Waals surface area contributed by atoms with Gasteiger partial charge in [0.2, 0.25) is 0 Å². The fourth-order valence-corrected chi connectivity index (χ4v) is 3.27. The van der Waals surface area contributed by atoms with E-state index in [1.807, 2.05) is 11.0 Å². The quantitative estimate of drug-likeness (QED) is 0.783. The normalized spacial score (nSPS) is 15.7. The molecule has 1 aliphatic heterocycles. The van der Waals surface area contributed by atoms with Crippen LogP contribution in [0, 0.1) is 11.3 Å². The van der Waals surface area contributed by atoms with Gasteiger partial charge in [0, 0.05) is 43.4 Å². The van der Waals surface area contributed by atoms with E-state index in [0.717, 1.165) is 24.7 Å². The molecule has 0 amide bonds. The molecule has 0 unspecified atom stereocenters. The zero-order valence-corrected chi connectivity index (χ0v) is 14.7. The number of nitriles is 1. The molecule has 0 bridgehead atoms. The van der Waals surface area contributed by atoms with E-state index in [-0.39, 0.29) is 0 Å². The predicted octanol–water partition coefficient (Wildman–Crippen LogP) is 4.55. The lowest BCUT2D eigenvalue weighted by atomic mass is 10.1. The second-order valence-electron chi connectivity index (χ2n) is 6.23. The molecule has 0 N–H and O–H groups in total. The summed E-state index contributed by atoms with van der Waals surface area (Å²) in [6.45, 7) is 3.41. The summed E-state index contributed by atoms with van der Waals surface area (Å²) in [5.74, 6) is 0. The molecule has 1 aliphatic rings. The highest BCUT2D eigenvalue weighted by molar-refractivity contribution is 6.31. The number of anilines is 1. The van der Waals surface area contributed by atoms with Crippen LogP contribution in [0.15, 0.2) is 42.5 Å². The van der Waals surface area contributed by atoms with Gasteiger partial charge in [0.25, 0.3) is 0 Å². The van der Waals surface area contributed by atoms with Gasteiger partial charge < -0.3 is 4.90 Å². The van der Waals surface area contributed by atoms with Crippen LogP contribution in [0.3, 0.4) is 0 Å². The van der Waals surface area contributed by atoms with Crippen molar-refractivity contribution in [2.45, 2.75) is 12.7 Å². The molecule has 3 nitrogen and oxygen atoms in total. The van der Waals surface area contributed by atoms with Gasteiger partial charge in [-0.25, -0.2) is 0 Å². The highest BCUT2D eigenvalue weighted by Gasteiger charge is 2.31. The smallest absolute Gasteiger partial charge is 0.369 e. The molecule has 0 saturated carbocycles. The van der Waals surface area contributed by atoms with E-state index in [0.29, 0.717) is 35.9 Å². The predicted molar refractivity (Wildman–Crippen MR) is 95.1 cm³/mol. The molecular weight excluding hydrogens is 363 g/mol. The number of hydrogen-bond donors (Lipinski definition) is 0. The van der Waals surface area contributed by atoms with Crippen molar-refractivity contribution in [3.05, 3.63) is 64.2 Å². The Kier molecular flexibility index (Phi) is 5.40. The van der Waals surface area contributed by atoms with Crippen LogP contribution in [0.4, 0.5) is 18.9 Å². The number of piperazine rings is 1. The molecule has 1 saturated heterocycles. The maximum Gasteiger partial charge on any atom is 0.416 e. The van der Waals surface area contributed by atoms with Gasteiger partial charge in [-0.15, -0.1) is 0 Å². The van der Waals surface area contributed by atoms with Crippen LogP contribution in [0.5, 0.6) is 0 Å². The standard InChI is InChI=1S/C19H17ClF3N3/c20-18-10-14(12-24)4-5-15(18)13-25-6-8-26(9-7-25)17-3-1-2-16(11-17)19(21,22)23/h1-5,10-11H,6-9,13H2. The average molecular weight is 380 g/mol. The van der Waals surface area contributed by atoms with Crippen LogP contribution in [0.25, 0.3) is 0 Å². The summed E-state index contributed by atoms with van der Waals surface area (Å²) in [6.07, 6.45) is -4.33. The Morgan fingerprint density at radius 1 is 1.04 bits per heavy atom. The van der Waals surface area contributed by atoms with Gasteiger partial charge in [-0.05, 0) is 35.9 Å². The third-order valence-electron chi connectivity index (χ3n) is 4.49. The molecule has 136 valence electrons. The molecular formula is C19H17ClF3N3. The zero-order valence-electron chi connectivity index (χ0n) is 13.9. The fourth-order valence-electron chi connectivity index (χ4n) is 3.03. The van der Waals surface area contributed by atoms with Gasteiger partial charge in [-0.2, -0.15) is 18.4 Å². The number of alkyl halides is 3. The SMILES string of the molecule is N#Cc1ccc(CN2CCN(c3cccc(C(F)(F)F)c3)CC2)c(Cl)c1. The summed E-state index contributed by atoms with van der Waals surface area (Å²) in [4.78, 5) is 4.17. The first kappa shape index (κ1) is 18.6. The minimum Gasteiger partial charge on any atom is -0.369 e. The molecule has 1 heterocycles. The third kappa shape index (κ3) is 4.29. The van der Waals surface area contributed by atoms with E-state index in [1.165, 1.54) is 12.1 Å². The van der Waals surface area contributed by atoms with E-state index in [1.54, 1.807) is 18.2 Å². The van der Waals surface area contributed by atoms with Crippen LogP contribution in [-0.2, 0) is 12.7 Å². The van der Waals surface area contributed by atoms with Crippen LogP contribution >= 0.6 is 11.6 Å². The Balaban J connectivity index is 1.62. The number of halogens is 4. The lowest BCUT2D eigenvalue weighted by Crippen LogP contribution is -2.46. The van der Waals surface area contributed by atoms with E-state index in [9.17, 15) is 13.2 Å². The van der Waals surface area contributed by atoms with Crippen LogP contribution in [-0.4, -0.2) is 31.1 Å². The number of hydrogen-bond acceptors (Lipinski definition) is 3. The summed E-state index contributed by atoms with van der Waals surface area (Å²) in [5.41, 5.74) is 1.43. The molecule has 2 aromatic rings. The first-order chi connectivity index (χ1) is 12.4. The molecule has 0 radical (unpaired) electrons. The minimum absolute atomic E-state index is 0.521. The number of benzene rings is 2. The zero-order chi connectivity index (χ0) is 18.7. The van der Waals surface area contributed by atoms with Crippen molar-refractivity contribution >= 4 is 17.3 Å². The summed E-state index contributed by atoms with van der Waals surface area (Å²) >= 11 is 6.22. The minimum atomic E-state index is -4.33. The molecule has 26 heavy (non-hydrogen) atoms. The van der Waals surface area contributed by atoms with Crippen molar-refractivity contribution < 1.29 is 13.2 Å². The lowest BCUT2D eigenvalue weighted by Gasteiger charge is -2.36. The lowest BCUT2D eigenvalue weighted by molar-refractivity contribution is -0.137. The van der Waals surface area contributed by atoms with Crippen molar-refractivity contribution in [1.82, 2.24) is 4.90 Å². The second kappa shape index (κ2) is 7.56. The molecule has 0 spiro atoms. The molecule has 2 aromatic carbocycles. The molecule has 1 fully saturated rings. The van der Waals surface area contributed by atoms with E-state index in [2.05, 4.69) is 11.0 Å². The van der Waals surface area contributed by atoms with Crippen molar-refractivity contribution in [1.29, 1.82) is 5.26 Å². The Bertz CT molecular complexity index is 822. The Labute approximate surface area is 155 Å². The van der Waals surface area contributed by atoms with Gasteiger partial charge in [0.05, 0.1) is 17.2 Å². The Hall–Kier alpha value is -2.23. The number of nitrogens with zero attached hydrogens (tertiary/aromatic N) is 3. The van der Waals surface area contributed by atoms with Crippen LogP contribution in [0.2, 0.25) is 5.02 Å². The van der Waals surface area contributed by atoms with Gasteiger partial charge in [0.1, 0.15) is 0 Å². The highest BCUT2D eigenvalue weighted by Crippen LogP contribution is 2.32. The van der Waals surface area contributed by atoms with Crippen molar-refractivity contribution in [3.8, 4) is 6.07 Å². The van der Waals surface area contributed by atoms with E-state index < -0.39 is 11.7 Å². The summed E-state index contributed by atoms with van der Waals surface area (Å²) < 4.78 is 38.6. The van der Waals surface area contributed by atoms with E-state index >= 15 is 0 Å².